The van der Waals surface area contributed by atoms with Crippen LogP contribution in [-0.4, -0.2) is 56.8 Å². The predicted molar refractivity (Wildman–Crippen MR) is 144 cm³/mol. The molecular weight excluding hydrogens is 533 g/mol. The molecule has 11 heteroatoms. The molecule has 0 aliphatic carbocycles. The first-order chi connectivity index (χ1) is 18.2. The van der Waals surface area contributed by atoms with Crippen molar-refractivity contribution in [2.24, 2.45) is 0 Å². The zero-order valence-corrected chi connectivity index (χ0v) is 22.5. The quantitative estimate of drug-likeness (QED) is 0.294. The van der Waals surface area contributed by atoms with Gasteiger partial charge in [-0.2, -0.15) is 5.10 Å². The number of ether oxygens (including phenoxy) is 1. The molecule has 1 N–H and O–H groups in total. The Hall–Kier alpha value is -3.01. The summed E-state index contributed by atoms with van der Waals surface area (Å²) in [7, 11) is 0. The van der Waals surface area contributed by atoms with E-state index in [4.69, 9.17) is 27.9 Å². The normalized spacial score (nSPS) is 18.1. The zero-order valence-electron chi connectivity index (χ0n) is 20.9. The molecule has 0 unspecified atom stereocenters. The number of likely N-dealkylation sites (tertiary alicyclic amines) is 1. The number of aromatic nitrogens is 4. The van der Waals surface area contributed by atoms with Crippen molar-refractivity contribution in [3.63, 3.8) is 0 Å². The van der Waals surface area contributed by atoms with Gasteiger partial charge in [0.05, 0.1) is 21.1 Å². The van der Waals surface area contributed by atoms with Crippen molar-refractivity contribution in [3.8, 4) is 17.0 Å². The Morgan fingerprint density at radius 1 is 1.03 bits per heavy atom. The van der Waals surface area contributed by atoms with E-state index in [9.17, 15) is 4.39 Å². The topological polar surface area (TPSA) is 70.2 Å². The van der Waals surface area contributed by atoms with Crippen LogP contribution in [0.3, 0.4) is 0 Å². The summed E-state index contributed by atoms with van der Waals surface area (Å²) in [4.78, 5) is 12.8. The highest BCUT2D eigenvalue weighted by atomic mass is 35.5. The number of hydrogen-bond acceptors (Lipinski definition) is 6. The van der Waals surface area contributed by atoms with Crippen LogP contribution in [0.5, 0.6) is 5.75 Å². The van der Waals surface area contributed by atoms with Gasteiger partial charge in [0.25, 0.3) is 0 Å². The number of anilines is 1. The number of nitrogens with one attached hydrogen (secondary N) is 1. The number of hydrogen-bond donors (Lipinski definition) is 1. The van der Waals surface area contributed by atoms with Crippen LogP contribution in [0.15, 0.2) is 36.8 Å². The van der Waals surface area contributed by atoms with E-state index in [-0.39, 0.29) is 11.3 Å². The number of pyridine rings is 2. The number of H-pyrrole nitrogens is 1. The highest BCUT2D eigenvalue weighted by Crippen LogP contribution is 2.38. The lowest BCUT2D eigenvalue weighted by Crippen LogP contribution is -2.68. The third kappa shape index (κ3) is 4.36. The zero-order chi connectivity index (χ0) is 26.6. The maximum atomic E-state index is 15.3. The van der Waals surface area contributed by atoms with Gasteiger partial charge < -0.3 is 9.64 Å². The molecule has 2 saturated heterocycles. The Labute approximate surface area is 228 Å². The van der Waals surface area contributed by atoms with Gasteiger partial charge in [0, 0.05) is 54.3 Å². The van der Waals surface area contributed by atoms with Crippen LogP contribution >= 0.6 is 23.2 Å². The minimum Gasteiger partial charge on any atom is -0.483 e. The highest BCUT2D eigenvalue weighted by molar-refractivity contribution is 6.35. The molecule has 198 valence electrons. The molecular formula is C27H26Cl2F2N6O. The molecule has 5 heterocycles. The molecule has 3 aromatic heterocycles. The van der Waals surface area contributed by atoms with Gasteiger partial charge in [-0.1, -0.05) is 23.2 Å². The Morgan fingerprint density at radius 3 is 2.42 bits per heavy atom. The number of benzene rings is 1. The van der Waals surface area contributed by atoms with Gasteiger partial charge in [-0.05, 0) is 51.9 Å². The van der Waals surface area contributed by atoms with Gasteiger partial charge in [-0.15, -0.1) is 0 Å². The Balaban J connectivity index is 1.26. The lowest BCUT2D eigenvalue weighted by molar-refractivity contribution is 0.100. The number of halogens is 4. The largest absolute Gasteiger partial charge is 0.483 e. The maximum absolute atomic E-state index is 15.3. The second-order valence-electron chi connectivity index (χ2n) is 10.3. The van der Waals surface area contributed by atoms with Crippen molar-refractivity contribution >= 4 is 39.9 Å². The van der Waals surface area contributed by atoms with E-state index in [1.807, 2.05) is 4.90 Å². The van der Waals surface area contributed by atoms with E-state index in [1.54, 1.807) is 13.1 Å². The molecule has 2 fully saturated rings. The smallest absolute Gasteiger partial charge is 0.167 e. The first-order valence-corrected chi connectivity index (χ1v) is 13.3. The number of nitrogens with zero attached hydrogens (tertiary/aromatic N) is 5. The average molecular weight is 559 g/mol. The Bertz CT molecular complexity index is 1500. The van der Waals surface area contributed by atoms with Gasteiger partial charge in [-0.25, -0.2) is 13.8 Å². The summed E-state index contributed by atoms with van der Waals surface area (Å²) in [6.45, 7) is 7.62. The molecule has 0 saturated carbocycles. The third-order valence-corrected chi connectivity index (χ3v) is 8.15. The lowest BCUT2D eigenvalue weighted by atomic mass is 9.90. The van der Waals surface area contributed by atoms with Crippen LogP contribution in [-0.2, 0) is 0 Å². The standard InChI is InChI=1S/C27H26Cl2F2N6O/c1-15(24-18(28)11-32-12-19(24)29)38-23-8-17-22(9-20(23)30)34-35-25(17)16-7-21(31)26(33-10-16)36-13-27(2,14-36)37-5-3-4-6-37/h7-12,15H,3-6,13-14H2,1-2H3,(H,34,35)/t15-/m1/s1. The van der Waals surface area contributed by atoms with Crippen molar-refractivity contribution in [1.82, 2.24) is 25.1 Å². The molecule has 6 rings (SSSR count). The van der Waals surface area contributed by atoms with E-state index in [0.29, 0.717) is 43.6 Å². The summed E-state index contributed by atoms with van der Waals surface area (Å²) < 4.78 is 36.1. The van der Waals surface area contributed by atoms with Crippen LogP contribution in [0.25, 0.3) is 22.2 Å². The van der Waals surface area contributed by atoms with Crippen molar-refractivity contribution < 1.29 is 13.5 Å². The van der Waals surface area contributed by atoms with E-state index in [0.717, 1.165) is 26.2 Å². The summed E-state index contributed by atoms with van der Waals surface area (Å²) in [6.07, 6.45) is 6.29. The second kappa shape index (κ2) is 9.63. The molecule has 4 aromatic rings. The van der Waals surface area contributed by atoms with E-state index < -0.39 is 17.7 Å². The minimum atomic E-state index is -0.651. The van der Waals surface area contributed by atoms with E-state index in [1.165, 1.54) is 43.4 Å². The molecule has 7 nitrogen and oxygen atoms in total. The summed E-state index contributed by atoms with van der Waals surface area (Å²) >= 11 is 12.5. The molecule has 1 aromatic carbocycles. The SMILES string of the molecule is C[C@@H](Oc1cc2c(-c3cnc(N4CC(C)(N5CCCC5)C4)c(F)c3)n[nH]c2cc1F)c1c(Cl)cncc1Cl. The molecule has 0 spiro atoms. The predicted octanol–water partition coefficient (Wildman–Crippen LogP) is 6.42. The fourth-order valence-electron chi connectivity index (χ4n) is 5.56. The third-order valence-electron chi connectivity index (χ3n) is 7.54. The molecule has 1 atom stereocenters. The van der Waals surface area contributed by atoms with Crippen molar-refractivity contribution in [1.29, 1.82) is 0 Å². The monoisotopic (exact) mass is 558 g/mol. The Kier molecular flexibility index (Phi) is 6.40. The molecule has 2 aliphatic heterocycles. The van der Waals surface area contributed by atoms with Crippen LogP contribution in [0, 0.1) is 11.6 Å². The molecule has 0 bridgehead atoms. The Morgan fingerprint density at radius 2 is 1.74 bits per heavy atom. The van der Waals surface area contributed by atoms with Crippen molar-refractivity contribution in [2.75, 3.05) is 31.1 Å². The fraction of sp³-hybridized carbons (Fsp3) is 0.370. The maximum Gasteiger partial charge on any atom is 0.167 e. The molecule has 0 amide bonds. The summed E-state index contributed by atoms with van der Waals surface area (Å²) in [5.41, 5.74) is 1.94. The first kappa shape index (κ1) is 25.3. The van der Waals surface area contributed by atoms with Gasteiger partial charge in [-0.3, -0.25) is 15.0 Å². The van der Waals surface area contributed by atoms with E-state index in [2.05, 4.69) is 32.0 Å². The van der Waals surface area contributed by atoms with Crippen molar-refractivity contribution in [3.05, 3.63) is 64.0 Å². The lowest BCUT2D eigenvalue weighted by Gasteiger charge is -2.53. The van der Waals surface area contributed by atoms with Gasteiger partial charge >= 0.3 is 0 Å². The molecule has 2 aliphatic rings. The molecule has 38 heavy (non-hydrogen) atoms. The summed E-state index contributed by atoms with van der Waals surface area (Å²) in [6, 6.07) is 4.25. The van der Waals surface area contributed by atoms with Crippen LogP contribution in [0.4, 0.5) is 14.6 Å². The second-order valence-corrected chi connectivity index (χ2v) is 11.1. The number of fused-ring (bicyclic) bond motifs is 1. The fourth-order valence-corrected chi connectivity index (χ4v) is 6.24. The summed E-state index contributed by atoms with van der Waals surface area (Å²) in [5.74, 6) is -0.681. The highest BCUT2D eigenvalue weighted by Gasteiger charge is 2.45. The van der Waals surface area contributed by atoms with Gasteiger partial charge in [0.2, 0.25) is 0 Å². The summed E-state index contributed by atoms with van der Waals surface area (Å²) in [5, 5.41) is 8.34. The van der Waals surface area contributed by atoms with Crippen LogP contribution in [0.2, 0.25) is 10.0 Å². The average Bonchev–Trinajstić information content (AvgIpc) is 3.53. The number of rotatable bonds is 6. The van der Waals surface area contributed by atoms with Crippen LogP contribution in [0.1, 0.15) is 38.4 Å². The van der Waals surface area contributed by atoms with Gasteiger partial charge in [0.1, 0.15) is 11.8 Å². The minimum absolute atomic E-state index is 0.0107. The first-order valence-electron chi connectivity index (χ1n) is 12.5. The van der Waals surface area contributed by atoms with E-state index >= 15 is 4.39 Å². The van der Waals surface area contributed by atoms with Gasteiger partial charge in [0.15, 0.2) is 23.2 Å². The van der Waals surface area contributed by atoms with Crippen LogP contribution < -0.4 is 9.64 Å². The molecule has 0 radical (unpaired) electrons. The van der Waals surface area contributed by atoms with Crippen molar-refractivity contribution in [2.45, 2.75) is 38.3 Å². The number of aromatic amines is 1.